The Bertz CT molecular complexity index is 1600. The molecule has 206 valence electrons. The third kappa shape index (κ3) is 7.20. The van der Waals surface area contributed by atoms with Crippen molar-refractivity contribution < 1.29 is 14.3 Å². The van der Waals surface area contributed by atoms with Crippen LogP contribution in [0.25, 0.3) is 45.7 Å². The maximum absolute atomic E-state index is 11.2. The van der Waals surface area contributed by atoms with E-state index in [4.69, 9.17) is 9.72 Å². The molecule has 0 unspecified atom stereocenters. The summed E-state index contributed by atoms with van der Waals surface area (Å²) in [5.74, 6) is 1.50. The number of imidazole rings is 1. The van der Waals surface area contributed by atoms with Gasteiger partial charge in [0, 0.05) is 24.7 Å². The summed E-state index contributed by atoms with van der Waals surface area (Å²) < 4.78 is 12.6. The topological polar surface area (TPSA) is 53.4 Å². The van der Waals surface area contributed by atoms with Gasteiger partial charge in [0.25, 0.3) is 0 Å². The number of carbonyl (C=O) groups is 1. The molecule has 0 aliphatic heterocycles. The summed E-state index contributed by atoms with van der Waals surface area (Å²) in [6.07, 6.45) is 7.30. The van der Waals surface area contributed by atoms with Gasteiger partial charge in [-0.3, -0.25) is 4.79 Å². The van der Waals surface area contributed by atoms with E-state index in [1.54, 1.807) is 0 Å². The number of aromatic nitrogens is 2. The standard InChI is InChI=1S/C36H34N2O3/c1-3-38-26-34(32-12-7-11-31(25-32)28-9-5-4-6-10-28)37-35(38)23-16-27-14-17-29(18-15-27)30-19-21-33(22-20-30)41-24-8-13-36(39)40-2/h4-7,9-12,14-23,25-26H,3,8,13,24H2,1-2H3. The highest BCUT2D eigenvalue weighted by atomic mass is 16.5. The van der Waals surface area contributed by atoms with E-state index in [2.05, 4.69) is 107 Å². The average molecular weight is 543 g/mol. The van der Waals surface area contributed by atoms with E-state index in [-0.39, 0.29) is 5.97 Å². The van der Waals surface area contributed by atoms with Gasteiger partial charge in [0.2, 0.25) is 0 Å². The maximum Gasteiger partial charge on any atom is 0.305 e. The second-order valence-electron chi connectivity index (χ2n) is 9.73. The van der Waals surface area contributed by atoms with E-state index >= 15 is 0 Å². The zero-order valence-electron chi connectivity index (χ0n) is 23.5. The van der Waals surface area contributed by atoms with E-state index in [1.165, 1.54) is 18.2 Å². The lowest BCUT2D eigenvalue weighted by atomic mass is 10.0. The molecule has 5 nitrogen and oxygen atoms in total. The first kappa shape index (κ1) is 27.7. The van der Waals surface area contributed by atoms with Crippen LogP contribution in [0.2, 0.25) is 0 Å². The number of methoxy groups -OCH3 is 1. The summed E-state index contributed by atoms with van der Waals surface area (Å²) in [7, 11) is 1.40. The number of esters is 1. The first-order chi connectivity index (χ1) is 20.1. The molecule has 0 spiro atoms. The lowest BCUT2D eigenvalue weighted by molar-refractivity contribution is -0.140. The van der Waals surface area contributed by atoms with Gasteiger partial charge in [-0.05, 0) is 65.4 Å². The second kappa shape index (κ2) is 13.4. The Hall–Kier alpha value is -4.90. The molecule has 0 fully saturated rings. The number of hydrogen-bond donors (Lipinski definition) is 0. The van der Waals surface area contributed by atoms with Gasteiger partial charge < -0.3 is 14.0 Å². The van der Waals surface area contributed by atoms with Gasteiger partial charge in [-0.1, -0.05) is 91.0 Å². The Kier molecular flexibility index (Phi) is 9.07. The highest BCUT2D eigenvalue weighted by Crippen LogP contribution is 2.27. The molecule has 0 amide bonds. The van der Waals surface area contributed by atoms with Crippen molar-refractivity contribution in [2.24, 2.45) is 0 Å². The average Bonchev–Trinajstić information content (AvgIpc) is 3.46. The van der Waals surface area contributed by atoms with Crippen LogP contribution in [0.3, 0.4) is 0 Å². The van der Waals surface area contributed by atoms with Crippen LogP contribution in [-0.2, 0) is 16.1 Å². The Morgan fingerprint density at radius 1 is 0.780 bits per heavy atom. The first-order valence-electron chi connectivity index (χ1n) is 13.9. The van der Waals surface area contributed by atoms with Crippen LogP contribution in [0, 0.1) is 0 Å². The van der Waals surface area contributed by atoms with Crippen molar-refractivity contribution in [3.8, 4) is 39.3 Å². The van der Waals surface area contributed by atoms with Crippen LogP contribution >= 0.6 is 0 Å². The lowest BCUT2D eigenvalue weighted by Crippen LogP contribution is -2.04. The molecule has 41 heavy (non-hydrogen) atoms. The SMILES string of the molecule is CCn1cc(-c2cccc(-c3ccccc3)c2)nc1C=Cc1ccc(-c2ccc(OCCCC(=O)OC)cc2)cc1. The third-order valence-corrected chi connectivity index (χ3v) is 6.96. The van der Waals surface area contributed by atoms with Gasteiger partial charge >= 0.3 is 5.97 Å². The highest BCUT2D eigenvalue weighted by Gasteiger charge is 2.08. The Morgan fingerprint density at radius 3 is 2.15 bits per heavy atom. The molecule has 5 heteroatoms. The maximum atomic E-state index is 11.2. The molecule has 5 aromatic rings. The quantitative estimate of drug-likeness (QED) is 0.124. The van der Waals surface area contributed by atoms with Crippen molar-refractivity contribution in [2.45, 2.75) is 26.3 Å². The fraction of sp³-hybridized carbons (Fsp3) is 0.167. The predicted molar refractivity (Wildman–Crippen MR) is 166 cm³/mol. The van der Waals surface area contributed by atoms with Gasteiger partial charge in [-0.25, -0.2) is 4.98 Å². The molecule has 0 atom stereocenters. The Morgan fingerprint density at radius 2 is 1.44 bits per heavy atom. The molecular formula is C36H34N2O3. The van der Waals surface area contributed by atoms with E-state index in [0.717, 1.165) is 46.1 Å². The molecule has 0 bridgehead atoms. The summed E-state index contributed by atoms with van der Waals surface area (Å²) in [6.45, 7) is 3.46. The van der Waals surface area contributed by atoms with Crippen molar-refractivity contribution >= 4 is 18.1 Å². The smallest absolute Gasteiger partial charge is 0.305 e. The van der Waals surface area contributed by atoms with Crippen molar-refractivity contribution in [1.82, 2.24) is 9.55 Å². The molecule has 0 saturated carbocycles. The van der Waals surface area contributed by atoms with Gasteiger partial charge in [0.1, 0.15) is 11.6 Å². The second-order valence-corrected chi connectivity index (χ2v) is 9.73. The zero-order valence-corrected chi connectivity index (χ0v) is 23.5. The van der Waals surface area contributed by atoms with Gasteiger partial charge in [0.15, 0.2) is 0 Å². The first-order valence-corrected chi connectivity index (χ1v) is 13.9. The zero-order chi connectivity index (χ0) is 28.4. The lowest BCUT2D eigenvalue weighted by Gasteiger charge is -2.07. The molecule has 0 radical (unpaired) electrons. The van der Waals surface area contributed by atoms with Crippen LogP contribution in [0.5, 0.6) is 5.75 Å². The van der Waals surface area contributed by atoms with Crippen LogP contribution in [0.1, 0.15) is 31.2 Å². The summed E-state index contributed by atoms with van der Waals surface area (Å²) >= 11 is 0. The molecule has 1 heterocycles. The fourth-order valence-electron chi connectivity index (χ4n) is 4.65. The van der Waals surface area contributed by atoms with Crippen LogP contribution < -0.4 is 4.74 Å². The van der Waals surface area contributed by atoms with Crippen molar-refractivity contribution in [2.75, 3.05) is 13.7 Å². The number of ether oxygens (including phenoxy) is 2. The van der Waals surface area contributed by atoms with E-state index in [9.17, 15) is 4.79 Å². The number of hydrogen-bond acceptors (Lipinski definition) is 4. The van der Waals surface area contributed by atoms with Crippen LogP contribution in [-0.4, -0.2) is 29.2 Å². The molecule has 5 rings (SSSR count). The monoisotopic (exact) mass is 542 g/mol. The summed E-state index contributed by atoms with van der Waals surface area (Å²) in [4.78, 5) is 16.2. The van der Waals surface area contributed by atoms with Crippen LogP contribution in [0.4, 0.5) is 0 Å². The minimum absolute atomic E-state index is 0.215. The summed E-state index contributed by atoms with van der Waals surface area (Å²) in [5, 5.41) is 0. The van der Waals surface area contributed by atoms with Gasteiger partial charge in [-0.2, -0.15) is 0 Å². The number of rotatable bonds is 11. The highest BCUT2D eigenvalue weighted by molar-refractivity contribution is 5.74. The van der Waals surface area contributed by atoms with Crippen molar-refractivity contribution in [1.29, 1.82) is 0 Å². The summed E-state index contributed by atoms with van der Waals surface area (Å²) in [6, 6.07) is 35.5. The Labute approximate surface area is 241 Å². The third-order valence-electron chi connectivity index (χ3n) is 6.96. The number of aryl methyl sites for hydroxylation is 1. The van der Waals surface area contributed by atoms with Gasteiger partial charge in [-0.15, -0.1) is 0 Å². The van der Waals surface area contributed by atoms with E-state index in [0.29, 0.717) is 19.4 Å². The van der Waals surface area contributed by atoms with Gasteiger partial charge in [0.05, 0.1) is 19.4 Å². The molecule has 1 aromatic heterocycles. The predicted octanol–water partition coefficient (Wildman–Crippen LogP) is 8.41. The molecular weight excluding hydrogens is 508 g/mol. The number of carbonyl (C=O) groups excluding carboxylic acids is 1. The Balaban J connectivity index is 1.24. The molecule has 0 saturated heterocycles. The van der Waals surface area contributed by atoms with Crippen molar-refractivity contribution in [3.05, 3.63) is 121 Å². The largest absolute Gasteiger partial charge is 0.494 e. The fourth-order valence-corrected chi connectivity index (χ4v) is 4.65. The minimum atomic E-state index is -0.215. The normalized spacial score (nSPS) is 11.1. The number of nitrogens with zero attached hydrogens (tertiary/aromatic N) is 2. The number of benzene rings is 4. The van der Waals surface area contributed by atoms with E-state index in [1.807, 2.05) is 30.3 Å². The van der Waals surface area contributed by atoms with Crippen LogP contribution in [0.15, 0.2) is 109 Å². The molecule has 4 aromatic carbocycles. The van der Waals surface area contributed by atoms with E-state index < -0.39 is 0 Å². The minimum Gasteiger partial charge on any atom is -0.494 e. The molecule has 0 aliphatic carbocycles. The summed E-state index contributed by atoms with van der Waals surface area (Å²) in [5.41, 5.74) is 7.82. The van der Waals surface area contributed by atoms with Crippen molar-refractivity contribution in [3.63, 3.8) is 0 Å². The molecule has 0 N–H and O–H groups in total. The molecule has 0 aliphatic rings.